The Morgan fingerprint density at radius 2 is 1.93 bits per heavy atom. The fourth-order valence-corrected chi connectivity index (χ4v) is 3.20. The molecule has 2 aromatic heterocycles. The molecule has 0 saturated heterocycles. The van der Waals surface area contributed by atoms with Gasteiger partial charge in [-0.3, -0.25) is 9.89 Å². The summed E-state index contributed by atoms with van der Waals surface area (Å²) in [5, 5.41) is 7.22. The second kappa shape index (κ2) is 7.56. The number of hydrogen-bond donors (Lipinski definition) is 2. The van der Waals surface area contributed by atoms with Crippen LogP contribution < -0.4 is 15.0 Å². The Labute approximate surface area is 161 Å². The molecule has 0 unspecified atom stereocenters. The summed E-state index contributed by atoms with van der Waals surface area (Å²) in [6.07, 6.45) is 4.81. The van der Waals surface area contributed by atoms with Gasteiger partial charge in [0.25, 0.3) is 5.56 Å². The number of rotatable bonds is 6. The first-order valence-electron chi connectivity index (χ1n) is 8.91. The van der Waals surface area contributed by atoms with E-state index in [1.165, 1.54) is 0 Å². The van der Waals surface area contributed by atoms with Gasteiger partial charge >= 0.3 is 0 Å². The molecule has 0 atom stereocenters. The summed E-state index contributed by atoms with van der Waals surface area (Å²) in [5.41, 5.74) is 3.20. The third-order valence-electron chi connectivity index (χ3n) is 4.66. The third-order valence-corrected chi connectivity index (χ3v) is 4.66. The van der Waals surface area contributed by atoms with Crippen molar-refractivity contribution in [3.05, 3.63) is 70.5 Å². The van der Waals surface area contributed by atoms with E-state index >= 15 is 0 Å². The van der Waals surface area contributed by atoms with Crippen LogP contribution in [-0.4, -0.2) is 34.4 Å². The van der Waals surface area contributed by atoms with Crippen LogP contribution in [0.15, 0.2) is 53.6 Å². The number of nitrogens with zero attached hydrogens (tertiary/aromatic N) is 2. The van der Waals surface area contributed by atoms with Gasteiger partial charge in [0.2, 0.25) is 0 Å². The smallest absolute Gasteiger partial charge is 0.258 e. The number of fused-ring (bicyclic) bond motifs is 1. The highest BCUT2D eigenvalue weighted by Crippen LogP contribution is 2.29. The minimum absolute atomic E-state index is 0.186. The van der Waals surface area contributed by atoms with Gasteiger partial charge in [-0.15, -0.1) is 0 Å². The number of nitrogens with one attached hydrogen (secondary N) is 2. The molecule has 0 aliphatic rings. The Bertz CT molecular complexity index is 1170. The SMILES string of the molecule is COc1cccc(CCc2nc3c(OC)cc(-c4cn[nH]c4)cc3c(=O)[nH]2)c1. The highest BCUT2D eigenvalue weighted by atomic mass is 16.5. The second-order valence-electron chi connectivity index (χ2n) is 6.43. The zero-order valence-corrected chi connectivity index (χ0v) is 15.7. The Balaban J connectivity index is 1.69. The van der Waals surface area contributed by atoms with Gasteiger partial charge < -0.3 is 14.5 Å². The van der Waals surface area contributed by atoms with E-state index in [1.54, 1.807) is 32.7 Å². The number of H-pyrrole nitrogens is 2. The highest BCUT2D eigenvalue weighted by Gasteiger charge is 2.13. The van der Waals surface area contributed by atoms with Crippen LogP contribution in [0.4, 0.5) is 0 Å². The summed E-state index contributed by atoms with van der Waals surface area (Å²) in [5.74, 6) is 1.99. The van der Waals surface area contributed by atoms with Crippen LogP contribution in [-0.2, 0) is 12.8 Å². The Morgan fingerprint density at radius 1 is 1.04 bits per heavy atom. The van der Waals surface area contributed by atoms with E-state index < -0.39 is 0 Å². The molecule has 142 valence electrons. The molecular formula is C21H20N4O3. The van der Waals surface area contributed by atoms with Gasteiger partial charge in [0.1, 0.15) is 22.8 Å². The minimum Gasteiger partial charge on any atom is -0.497 e. The lowest BCUT2D eigenvalue weighted by atomic mass is 10.1. The van der Waals surface area contributed by atoms with E-state index in [4.69, 9.17) is 9.47 Å². The fraction of sp³-hybridized carbons (Fsp3) is 0.190. The Kier molecular flexibility index (Phi) is 4.80. The van der Waals surface area contributed by atoms with Crippen LogP contribution in [0, 0.1) is 0 Å². The monoisotopic (exact) mass is 376 g/mol. The van der Waals surface area contributed by atoms with Crippen molar-refractivity contribution in [2.24, 2.45) is 0 Å². The number of ether oxygens (including phenoxy) is 2. The first-order valence-corrected chi connectivity index (χ1v) is 8.91. The van der Waals surface area contributed by atoms with Crippen LogP contribution in [0.3, 0.4) is 0 Å². The van der Waals surface area contributed by atoms with Crippen LogP contribution in [0.1, 0.15) is 11.4 Å². The summed E-state index contributed by atoms with van der Waals surface area (Å²) in [6.45, 7) is 0. The number of methoxy groups -OCH3 is 2. The van der Waals surface area contributed by atoms with E-state index in [1.807, 2.05) is 30.3 Å². The lowest BCUT2D eigenvalue weighted by molar-refractivity contribution is 0.414. The maximum atomic E-state index is 12.7. The standard InChI is InChI=1S/C21H20N4O3/c1-27-16-5-3-4-13(8-16)6-7-19-24-20-17(21(26)25-19)9-14(10-18(20)28-2)15-11-22-23-12-15/h3-5,8-12H,6-7H2,1-2H3,(H,22,23)(H,24,25,26). The lowest BCUT2D eigenvalue weighted by Gasteiger charge is -2.09. The number of aryl methyl sites for hydroxylation is 2. The summed E-state index contributed by atoms with van der Waals surface area (Å²) in [6, 6.07) is 11.5. The molecule has 7 nitrogen and oxygen atoms in total. The molecule has 4 rings (SSSR count). The Morgan fingerprint density at radius 3 is 2.68 bits per heavy atom. The van der Waals surface area contributed by atoms with Gasteiger partial charge in [-0.1, -0.05) is 12.1 Å². The van der Waals surface area contributed by atoms with Crippen molar-refractivity contribution in [3.8, 4) is 22.6 Å². The first-order chi connectivity index (χ1) is 13.7. The van der Waals surface area contributed by atoms with Gasteiger partial charge in [0.15, 0.2) is 0 Å². The van der Waals surface area contributed by atoms with Crippen LogP contribution in [0.5, 0.6) is 11.5 Å². The first kappa shape index (κ1) is 17.8. The summed E-state index contributed by atoms with van der Waals surface area (Å²) >= 11 is 0. The van der Waals surface area contributed by atoms with Gasteiger partial charge in [-0.05, 0) is 41.8 Å². The van der Waals surface area contributed by atoms with Gasteiger partial charge in [-0.2, -0.15) is 5.10 Å². The van der Waals surface area contributed by atoms with Crippen LogP contribution in [0.2, 0.25) is 0 Å². The van der Waals surface area contributed by atoms with Crippen molar-refractivity contribution in [1.82, 2.24) is 20.2 Å². The van der Waals surface area contributed by atoms with E-state index in [9.17, 15) is 4.79 Å². The lowest BCUT2D eigenvalue weighted by Crippen LogP contribution is -2.13. The number of aromatic amines is 2. The summed E-state index contributed by atoms with van der Waals surface area (Å²) < 4.78 is 10.8. The molecule has 28 heavy (non-hydrogen) atoms. The van der Waals surface area contributed by atoms with Crippen molar-refractivity contribution in [2.45, 2.75) is 12.8 Å². The topological polar surface area (TPSA) is 92.9 Å². The maximum absolute atomic E-state index is 12.7. The molecule has 0 amide bonds. The molecule has 0 aliphatic heterocycles. The molecule has 0 radical (unpaired) electrons. The largest absolute Gasteiger partial charge is 0.497 e. The van der Waals surface area contributed by atoms with E-state index in [0.717, 1.165) is 28.9 Å². The van der Waals surface area contributed by atoms with E-state index in [-0.39, 0.29) is 5.56 Å². The predicted molar refractivity (Wildman–Crippen MR) is 107 cm³/mol. The number of aromatic nitrogens is 4. The second-order valence-corrected chi connectivity index (χ2v) is 6.43. The van der Waals surface area contributed by atoms with Crippen molar-refractivity contribution in [3.63, 3.8) is 0 Å². The van der Waals surface area contributed by atoms with Crippen molar-refractivity contribution in [2.75, 3.05) is 14.2 Å². The molecule has 0 spiro atoms. The zero-order chi connectivity index (χ0) is 19.5. The van der Waals surface area contributed by atoms with Gasteiger partial charge in [0.05, 0.1) is 25.8 Å². The average molecular weight is 376 g/mol. The quantitative estimate of drug-likeness (QED) is 0.539. The molecule has 0 aliphatic carbocycles. The molecule has 7 heteroatoms. The predicted octanol–water partition coefficient (Wildman–Crippen LogP) is 3.12. The van der Waals surface area contributed by atoms with Gasteiger partial charge in [0, 0.05) is 18.2 Å². The van der Waals surface area contributed by atoms with Crippen LogP contribution in [0.25, 0.3) is 22.0 Å². The fourth-order valence-electron chi connectivity index (χ4n) is 3.20. The molecule has 2 heterocycles. The third kappa shape index (κ3) is 3.46. The molecule has 0 saturated carbocycles. The van der Waals surface area contributed by atoms with Crippen molar-refractivity contribution >= 4 is 10.9 Å². The molecule has 0 fully saturated rings. The van der Waals surface area contributed by atoms with E-state index in [0.29, 0.717) is 28.9 Å². The number of benzene rings is 2. The molecule has 0 bridgehead atoms. The average Bonchev–Trinajstić information content (AvgIpc) is 3.27. The van der Waals surface area contributed by atoms with Crippen LogP contribution >= 0.6 is 0 Å². The highest BCUT2D eigenvalue weighted by molar-refractivity contribution is 5.89. The van der Waals surface area contributed by atoms with Crippen molar-refractivity contribution in [1.29, 1.82) is 0 Å². The molecule has 2 aromatic carbocycles. The Hall–Kier alpha value is -3.61. The number of hydrogen-bond acceptors (Lipinski definition) is 5. The molecular weight excluding hydrogens is 356 g/mol. The van der Waals surface area contributed by atoms with Gasteiger partial charge in [-0.25, -0.2) is 4.98 Å². The molecule has 2 N–H and O–H groups in total. The summed E-state index contributed by atoms with van der Waals surface area (Å²) in [7, 11) is 3.22. The van der Waals surface area contributed by atoms with E-state index in [2.05, 4.69) is 20.2 Å². The summed E-state index contributed by atoms with van der Waals surface area (Å²) in [4.78, 5) is 20.3. The van der Waals surface area contributed by atoms with Crippen molar-refractivity contribution < 1.29 is 9.47 Å². The minimum atomic E-state index is -0.186. The maximum Gasteiger partial charge on any atom is 0.258 e. The normalized spacial score (nSPS) is 10.9. The molecule has 4 aromatic rings. The zero-order valence-electron chi connectivity index (χ0n) is 15.7.